The number of carbonyl (C=O) groups is 2. The minimum absolute atomic E-state index is 0.00928. The van der Waals surface area contributed by atoms with Crippen LogP contribution in [0.2, 0.25) is 0 Å². The number of esters is 1. The van der Waals surface area contributed by atoms with Crippen LogP contribution in [0.1, 0.15) is 50.2 Å². The summed E-state index contributed by atoms with van der Waals surface area (Å²) < 4.78 is 5.10. The van der Waals surface area contributed by atoms with Crippen LogP contribution in [-0.4, -0.2) is 46.2 Å². The molecule has 3 aliphatic rings. The minimum atomic E-state index is -0.726. The Kier molecular flexibility index (Phi) is 6.68. The van der Waals surface area contributed by atoms with Gasteiger partial charge < -0.3 is 19.8 Å². The van der Waals surface area contributed by atoms with Crippen LogP contribution in [0, 0.1) is 17.8 Å². The van der Waals surface area contributed by atoms with Gasteiger partial charge in [0.25, 0.3) is 0 Å². The van der Waals surface area contributed by atoms with E-state index in [-0.39, 0.29) is 30.4 Å². The van der Waals surface area contributed by atoms with Crippen molar-refractivity contribution in [3.63, 3.8) is 0 Å². The molecule has 2 heterocycles. The van der Waals surface area contributed by atoms with Gasteiger partial charge in [0.15, 0.2) is 0 Å². The summed E-state index contributed by atoms with van der Waals surface area (Å²) in [6.45, 7) is 1.66. The lowest BCUT2D eigenvalue weighted by Crippen LogP contribution is -2.64. The Morgan fingerprint density at radius 3 is 2.80 bits per heavy atom. The average Bonchev–Trinajstić information content (AvgIpc) is 3.14. The third-order valence-corrected chi connectivity index (χ3v) is 8.56. The number of benzene rings is 2. The molecule has 5 unspecified atom stereocenters. The molecule has 1 aliphatic carbocycles. The molecule has 2 N–H and O–H groups in total. The summed E-state index contributed by atoms with van der Waals surface area (Å²) >= 11 is 4.69. The highest BCUT2D eigenvalue weighted by molar-refractivity contribution is 7.80. The molecule has 2 aliphatic heterocycles. The number of aryl methyl sites for hydroxylation is 1. The molecule has 0 bridgehead atoms. The first-order valence-electron chi connectivity index (χ1n) is 12.5. The van der Waals surface area contributed by atoms with Crippen LogP contribution in [0.5, 0.6) is 0 Å². The number of aliphatic hydroxyl groups excluding tert-OH is 2. The van der Waals surface area contributed by atoms with Crippen LogP contribution >= 0.6 is 12.6 Å². The fourth-order valence-electron chi connectivity index (χ4n) is 6.77. The summed E-state index contributed by atoms with van der Waals surface area (Å²) in [6.07, 6.45) is 5.01. The summed E-state index contributed by atoms with van der Waals surface area (Å²) in [6, 6.07) is 10.0. The van der Waals surface area contributed by atoms with Gasteiger partial charge in [0.1, 0.15) is 5.70 Å². The summed E-state index contributed by atoms with van der Waals surface area (Å²) in [5.74, 6) is -0.694. The Hall–Kier alpha value is -2.35. The number of thiol groups is 1. The molecule has 7 heteroatoms. The lowest BCUT2D eigenvalue weighted by Gasteiger charge is -2.47. The van der Waals surface area contributed by atoms with Crippen molar-refractivity contribution in [1.82, 2.24) is 4.90 Å². The molecule has 5 atom stereocenters. The maximum Gasteiger partial charge on any atom is 0.354 e. The number of methoxy groups -OCH3 is 1. The second-order valence-corrected chi connectivity index (χ2v) is 10.7. The molecule has 0 aromatic heterocycles. The molecule has 2 aromatic carbocycles. The lowest BCUT2D eigenvalue weighted by atomic mass is 9.68. The molecule has 1 amide bonds. The van der Waals surface area contributed by atoms with Gasteiger partial charge in [-0.05, 0) is 84.6 Å². The zero-order valence-corrected chi connectivity index (χ0v) is 21.1. The van der Waals surface area contributed by atoms with E-state index in [9.17, 15) is 19.8 Å². The highest BCUT2D eigenvalue weighted by Gasteiger charge is 2.62. The summed E-state index contributed by atoms with van der Waals surface area (Å²) in [5.41, 5.74) is 3.59. The topological polar surface area (TPSA) is 87.1 Å². The number of carbonyl (C=O) groups excluding carboxylic acids is 2. The molecule has 186 valence electrons. The van der Waals surface area contributed by atoms with E-state index in [0.717, 1.165) is 65.3 Å². The fourth-order valence-corrected chi connectivity index (χ4v) is 7.21. The van der Waals surface area contributed by atoms with Crippen molar-refractivity contribution >= 4 is 35.3 Å². The highest BCUT2D eigenvalue weighted by atomic mass is 32.1. The van der Waals surface area contributed by atoms with Crippen LogP contribution < -0.4 is 0 Å². The van der Waals surface area contributed by atoms with Gasteiger partial charge in [0.2, 0.25) is 5.91 Å². The third-order valence-electron chi connectivity index (χ3n) is 8.20. The van der Waals surface area contributed by atoms with E-state index in [1.807, 2.05) is 18.2 Å². The smallest absolute Gasteiger partial charge is 0.354 e. The second kappa shape index (κ2) is 9.60. The average molecular weight is 496 g/mol. The number of amides is 1. The number of aliphatic hydroxyl groups is 2. The van der Waals surface area contributed by atoms with Gasteiger partial charge >= 0.3 is 5.97 Å². The Morgan fingerprint density at radius 2 is 2.09 bits per heavy atom. The molecule has 6 nitrogen and oxygen atoms in total. The van der Waals surface area contributed by atoms with Crippen molar-refractivity contribution in [3.8, 4) is 0 Å². The van der Waals surface area contributed by atoms with Crippen molar-refractivity contribution < 1.29 is 24.5 Å². The third kappa shape index (κ3) is 3.98. The largest absolute Gasteiger partial charge is 0.464 e. The molecule has 0 radical (unpaired) electrons. The maximum atomic E-state index is 12.9. The molecule has 5 rings (SSSR count). The first-order valence-corrected chi connectivity index (χ1v) is 13.0. The number of nitrogens with zero attached hydrogens (tertiary/aromatic N) is 1. The number of fused-ring (bicyclic) bond motifs is 4. The van der Waals surface area contributed by atoms with Gasteiger partial charge in [0.05, 0.1) is 31.8 Å². The van der Waals surface area contributed by atoms with Crippen molar-refractivity contribution in [2.75, 3.05) is 7.11 Å². The van der Waals surface area contributed by atoms with Gasteiger partial charge in [-0.1, -0.05) is 24.6 Å². The van der Waals surface area contributed by atoms with Crippen LogP contribution in [0.15, 0.2) is 46.5 Å². The SMILES string of the molecule is COC(=O)C1=C2C(CCCc3cccc4cc(CO)cc(S)c34)CCCC2C2C(C(C)O)C(=O)N12. The minimum Gasteiger partial charge on any atom is -0.464 e. The Bertz CT molecular complexity index is 1210. The van der Waals surface area contributed by atoms with E-state index in [4.69, 9.17) is 17.4 Å². The van der Waals surface area contributed by atoms with Crippen LogP contribution in [-0.2, 0) is 27.4 Å². The zero-order valence-electron chi connectivity index (χ0n) is 20.2. The molecule has 1 saturated heterocycles. The normalized spacial score (nSPS) is 26.4. The van der Waals surface area contributed by atoms with E-state index in [2.05, 4.69) is 12.1 Å². The molecular formula is C28H33NO5S. The summed E-state index contributed by atoms with van der Waals surface area (Å²) in [4.78, 5) is 28.2. The van der Waals surface area contributed by atoms with Crippen molar-refractivity contribution in [2.45, 2.75) is 69.1 Å². The first kappa shape index (κ1) is 24.3. The molecular weight excluding hydrogens is 462 g/mol. The van der Waals surface area contributed by atoms with E-state index >= 15 is 0 Å². The zero-order chi connectivity index (χ0) is 24.9. The van der Waals surface area contributed by atoms with Gasteiger partial charge in [-0.3, -0.25) is 4.79 Å². The van der Waals surface area contributed by atoms with Crippen molar-refractivity contribution in [2.24, 2.45) is 17.8 Å². The lowest BCUT2D eigenvalue weighted by molar-refractivity contribution is -0.164. The number of hydrogen-bond donors (Lipinski definition) is 3. The Morgan fingerprint density at radius 1 is 1.29 bits per heavy atom. The molecule has 2 aromatic rings. The molecule has 2 fully saturated rings. The van der Waals surface area contributed by atoms with Crippen molar-refractivity contribution in [3.05, 3.63) is 52.7 Å². The van der Waals surface area contributed by atoms with E-state index < -0.39 is 18.0 Å². The maximum absolute atomic E-state index is 12.9. The number of ether oxygens (including phenoxy) is 1. The van der Waals surface area contributed by atoms with E-state index in [1.165, 1.54) is 12.7 Å². The van der Waals surface area contributed by atoms with Crippen LogP contribution in [0.4, 0.5) is 0 Å². The van der Waals surface area contributed by atoms with E-state index in [1.54, 1.807) is 11.8 Å². The van der Waals surface area contributed by atoms with Gasteiger partial charge in [0, 0.05) is 10.8 Å². The predicted molar refractivity (Wildman–Crippen MR) is 136 cm³/mol. The summed E-state index contributed by atoms with van der Waals surface area (Å²) in [5, 5.41) is 22.0. The Labute approximate surface area is 211 Å². The summed E-state index contributed by atoms with van der Waals surface area (Å²) in [7, 11) is 1.37. The first-order chi connectivity index (χ1) is 16.9. The molecule has 1 saturated carbocycles. The number of β-lactam (4-membered cyclic amide) rings is 1. The second-order valence-electron chi connectivity index (χ2n) is 10.2. The Balaban J connectivity index is 1.39. The standard InChI is InChI=1S/C28H33NO5S/c1-15(31)22-25-20-11-5-9-18(24(20)26(28(33)34-2)29(25)27(22)32)8-3-6-17-7-4-10-19-12-16(14-30)13-21(35)23(17)19/h4,7,10,12-13,15,18,20,22,25,30-31,35H,3,5-6,8-9,11,14H2,1-2H3. The highest BCUT2D eigenvalue weighted by Crippen LogP contribution is 2.54. The number of hydrogen-bond acceptors (Lipinski definition) is 6. The van der Waals surface area contributed by atoms with Crippen molar-refractivity contribution in [1.29, 1.82) is 0 Å². The van der Waals surface area contributed by atoms with Crippen LogP contribution in [0.25, 0.3) is 10.8 Å². The van der Waals surface area contributed by atoms with Gasteiger partial charge in [-0.2, -0.15) is 0 Å². The predicted octanol–water partition coefficient (Wildman–Crippen LogP) is 4.01. The monoisotopic (exact) mass is 495 g/mol. The number of rotatable bonds is 7. The quantitative estimate of drug-likeness (QED) is 0.307. The van der Waals surface area contributed by atoms with Gasteiger partial charge in [-0.25, -0.2) is 4.79 Å². The van der Waals surface area contributed by atoms with E-state index in [0.29, 0.717) is 5.70 Å². The molecule has 0 spiro atoms. The molecule has 35 heavy (non-hydrogen) atoms. The van der Waals surface area contributed by atoms with Crippen LogP contribution in [0.3, 0.4) is 0 Å². The fraction of sp³-hybridized carbons (Fsp3) is 0.500. The van der Waals surface area contributed by atoms with Gasteiger partial charge in [-0.15, -0.1) is 12.6 Å².